The third-order valence-electron chi connectivity index (χ3n) is 2.75. The Labute approximate surface area is 129 Å². The first-order chi connectivity index (χ1) is 9.73. The Morgan fingerprint density at radius 2 is 1.86 bits per heavy atom. The van der Waals surface area contributed by atoms with E-state index in [1.54, 1.807) is 4.90 Å². The molecule has 0 saturated heterocycles. The summed E-state index contributed by atoms with van der Waals surface area (Å²) in [4.78, 5) is 28.4. The number of nitro groups is 1. The third-order valence-corrected chi connectivity index (χ3v) is 3.03. The third kappa shape index (κ3) is 4.67. The number of nitrogens with zero attached hydrogens (tertiary/aromatic N) is 3. The van der Waals surface area contributed by atoms with Crippen molar-refractivity contribution in [3.8, 4) is 0 Å². The van der Waals surface area contributed by atoms with Gasteiger partial charge in [-0.05, 0) is 17.9 Å². The molecule has 1 aromatic rings. The van der Waals surface area contributed by atoms with Gasteiger partial charge in [0.05, 0.1) is 4.92 Å². The molecule has 21 heavy (non-hydrogen) atoms. The number of carbonyl (C=O) groups is 1. The van der Waals surface area contributed by atoms with E-state index in [9.17, 15) is 14.9 Å². The van der Waals surface area contributed by atoms with Crippen molar-refractivity contribution in [2.75, 3.05) is 13.1 Å². The second kappa shape index (κ2) is 7.36. The highest BCUT2D eigenvalue weighted by molar-refractivity contribution is 6.32. The molecule has 6 nitrogen and oxygen atoms in total. The van der Waals surface area contributed by atoms with Gasteiger partial charge in [0.25, 0.3) is 5.91 Å². The normalized spacial score (nSPS) is 11.0. The minimum absolute atomic E-state index is 0.0127. The van der Waals surface area contributed by atoms with Crippen molar-refractivity contribution in [1.29, 1.82) is 0 Å². The molecule has 116 valence electrons. The van der Waals surface area contributed by atoms with Crippen LogP contribution in [0, 0.1) is 22.0 Å². The van der Waals surface area contributed by atoms with E-state index in [0.29, 0.717) is 13.1 Å². The van der Waals surface area contributed by atoms with Crippen LogP contribution in [0.15, 0.2) is 12.3 Å². The Hall–Kier alpha value is -1.69. The summed E-state index contributed by atoms with van der Waals surface area (Å²) in [7, 11) is 0. The van der Waals surface area contributed by atoms with E-state index in [-0.39, 0.29) is 28.5 Å². The highest BCUT2D eigenvalue weighted by Gasteiger charge is 2.28. The van der Waals surface area contributed by atoms with Crippen LogP contribution in [0.5, 0.6) is 0 Å². The molecular weight excluding hydrogens is 294 g/mol. The maximum atomic E-state index is 12.6. The Kier molecular flexibility index (Phi) is 6.08. The lowest BCUT2D eigenvalue weighted by Gasteiger charge is -2.26. The molecule has 0 spiro atoms. The number of rotatable bonds is 6. The van der Waals surface area contributed by atoms with Crippen molar-refractivity contribution < 1.29 is 9.72 Å². The highest BCUT2D eigenvalue weighted by Crippen LogP contribution is 2.27. The minimum atomic E-state index is -0.661. The molecule has 0 aliphatic rings. The fourth-order valence-electron chi connectivity index (χ4n) is 2.07. The quantitative estimate of drug-likeness (QED) is 0.458. The summed E-state index contributed by atoms with van der Waals surface area (Å²) in [6.07, 6.45) is 1.31. The summed E-state index contributed by atoms with van der Waals surface area (Å²) in [5.74, 6) is 0.154. The molecule has 0 N–H and O–H groups in total. The van der Waals surface area contributed by atoms with Crippen LogP contribution in [0.2, 0.25) is 5.15 Å². The van der Waals surface area contributed by atoms with Crippen molar-refractivity contribution in [3.05, 3.63) is 33.1 Å². The molecule has 0 radical (unpaired) electrons. The fourth-order valence-corrected chi connectivity index (χ4v) is 2.29. The van der Waals surface area contributed by atoms with Crippen molar-refractivity contribution in [2.45, 2.75) is 27.7 Å². The zero-order chi connectivity index (χ0) is 16.2. The summed E-state index contributed by atoms with van der Waals surface area (Å²) in [6.45, 7) is 9.05. The molecule has 0 atom stereocenters. The van der Waals surface area contributed by atoms with Gasteiger partial charge in [-0.3, -0.25) is 14.9 Å². The van der Waals surface area contributed by atoms with Crippen molar-refractivity contribution >= 4 is 23.2 Å². The number of pyridine rings is 1. The predicted octanol–water partition coefficient (Wildman–Crippen LogP) is 3.40. The number of hydrogen-bond acceptors (Lipinski definition) is 4. The smallest absolute Gasteiger partial charge is 0.319 e. The van der Waals surface area contributed by atoms with Gasteiger partial charge in [0.1, 0.15) is 5.56 Å². The van der Waals surface area contributed by atoms with Crippen LogP contribution in [-0.2, 0) is 0 Å². The minimum Gasteiger partial charge on any atom is -0.338 e. The first-order valence-corrected chi connectivity index (χ1v) is 7.20. The van der Waals surface area contributed by atoms with Crippen LogP contribution in [0.1, 0.15) is 38.1 Å². The van der Waals surface area contributed by atoms with Crippen LogP contribution in [-0.4, -0.2) is 33.8 Å². The Morgan fingerprint density at radius 1 is 1.33 bits per heavy atom. The molecule has 0 unspecified atom stereocenters. The Morgan fingerprint density at radius 3 is 2.29 bits per heavy atom. The van der Waals surface area contributed by atoms with Crippen molar-refractivity contribution in [3.63, 3.8) is 0 Å². The van der Waals surface area contributed by atoms with Gasteiger partial charge in [-0.1, -0.05) is 39.3 Å². The lowest BCUT2D eigenvalue weighted by atomic mass is 10.1. The van der Waals surface area contributed by atoms with Crippen LogP contribution in [0.4, 0.5) is 5.69 Å². The summed E-state index contributed by atoms with van der Waals surface area (Å²) < 4.78 is 0. The van der Waals surface area contributed by atoms with E-state index in [0.717, 1.165) is 0 Å². The molecule has 0 fully saturated rings. The van der Waals surface area contributed by atoms with Crippen LogP contribution < -0.4 is 0 Å². The second-order valence-electron chi connectivity index (χ2n) is 5.75. The van der Waals surface area contributed by atoms with Crippen molar-refractivity contribution in [2.24, 2.45) is 11.8 Å². The maximum Gasteiger partial charge on any atom is 0.319 e. The lowest BCUT2D eigenvalue weighted by Crippen LogP contribution is -2.37. The summed E-state index contributed by atoms with van der Waals surface area (Å²) in [5, 5.41) is 10.9. The summed E-state index contributed by atoms with van der Waals surface area (Å²) >= 11 is 5.76. The number of aromatic nitrogens is 1. The van der Waals surface area contributed by atoms with Gasteiger partial charge in [0.15, 0.2) is 0 Å². The number of amides is 1. The van der Waals surface area contributed by atoms with Crippen LogP contribution >= 0.6 is 11.6 Å². The molecule has 0 aliphatic heterocycles. The van der Waals surface area contributed by atoms with Gasteiger partial charge in [-0.2, -0.15) is 0 Å². The van der Waals surface area contributed by atoms with E-state index >= 15 is 0 Å². The summed E-state index contributed by atoms with van der Waals surface area (Å²) in [6, 6.07) is 1.35. The topological polar surface area (TPSA) is 76.3 Å². The first-order valence-electron chi connectivity index (χ1n) is 6.82. The predicted molar refractivity (Wildman–Crippen MR) is 81.5 cm³/mol. The average molecular weight is 314 g/mol. The van der Waals surface area contributed by atoms with Crippen LogP contribution in [0.3, 0.4) is 0 Å². The molecule has 0 saturated carbocycles. The molecule has 0 aliphatic carbocycles. The van der Waals surface area contributed by atoms with E-state index in [1.807, 2.05) is 27.7 Å². The molecule has 1 rings (SSSR count). The SMILES string of the molecule is CC(C)CN(CC(C)C)C(=O)c1ccnc(Cl)c1[N+](=O)[O-]. The fraction of sp³-hybridized carbons (Fsp3) is 0.571. The van der Waals surface area contributed by atoms with Gasteiger partial charge >= 0.3 is 5.69 Å². The van der Waals surface area contributed by atoms with E-state index in [1.165, 1.54) is 12.3 Å². The monoisotopic (exact) mass is 313 g/mol. The highest BCUT2D eigenvalue weighted by atomic mass is 35.5. The zero-order valence-corrected chi connectivity index (χ0v) is 13.4. The van der Waals surface area contributed by atoms with Gasteiger partial charge in [-0.15, -0.1) is 0 Å². The zero-order valence-electron chi connectivity index (χ0n) is 12.7. The molecule has 7 heteroatoms. The molecule has 1 heterocycles. The Bertz CT molecular complexity index is 522. The maximum absolute atomic E-state index is 12.6. The van der Waals surface area contributed by atoms with Crippen molar-refractivity contribution in [1.82, 2.24) is 9.88 Å². The number of hydrogen-bond donors (Lipinski definition) is 0. The van der Waals surface area contributed by atoms with Gasteiger partial charge < -0.3 is 4.90 Å². The van der Waals surface area contributed by atoms with E-state index in [2.05, 4.69) is 4.98 Å². The average Bonchev–Trinajstić information content (AvgIpc) is 2.35. The number of halogens is 1. The summed E-state index contributed by atoms with van der Waals surface area (Å²) in [5.41, 5.74) is -0.442. The van der Waals surface area contributed by atoms with Gasteiger partial charge in [-0.25, -0.2) is 4.98 Å². The van der Waals surface area contributed by atoms with Gasteiger partial charge in [0, 0.05) is 19.3 Å². The first kappa shape index (κ1) is 17.4. The Balaban J connectivity index is 3.20. The van der Waals surface area contributed by atoms with Gasteiger partial charge in [0.2, 0.25) is 5.15 Å². The molecular formula is C14H20ClN3O3. The molecule has 1 aromatic heterocycles. The number of carbonyl (C=O) groups excluding carboxylic acids is 1. The second-order valence-corrected chi connectivity index (χ2v) is 6.11. The standard InChI is InChI=1S/C14H20ClN3O3/c1-9(2)7-17(8-10(3)4)14(19)11-5-6-16-13(15)12(11)18(20)21/h5-6,9-10H,7-8H2,1-4H3. The molecule has 1 amide bonds. The van der Waals surface area contributed by atoms with E-state index in [4.69, 9.17) is 11.6 Å². The molecule has 0 aromatic carbocycles. The van der Waals surface area contributed by atoms with Crippen LogP contribution in [0.25, 0.3) is 0 Å². The largest absolute Gasteiger partial charge is 0.338 e. The molecule has 0 bridgehead atoms. The lowest BCUT2D eigenvalue weighted by molar-refractivity contribution is -0.385. The van der Waals surface area contributed by atoms with E-state index < -0.39 is 10.6 Å².